The summed E-state index contributed by atoms with van der Waals surface area (Å²) in [5.74, 6) is -0.177. The Hall–Kier alpha value is -1.92. The fourth-order valence-electron chi connectivity index (χ4n) is 2.83. The predicted octanol–water partition coefficient (Wildman–Crippen LogP) is 3.79. The number of para-hydroxylation sites is 1. The Morgan fingerprint density at radius 1 is 1.27 bits per heavy atom. The first kappa shape index (κ1) is 13.7. The van der Waals surface area contributed by atoms with Gasteiger partial charge in [0.15, 0.2) is 0 Å². The van der Waals surface area contributed by atoms with Gasteiger partial charge in [-0.15, -0.1) is 11.3 Å². The van der Waals surface area contributed by atoms with Gasteiger partial charge in [0.2, 0.25) is 0 Å². The highest BCUT2D eigenvalue weighted by atomic mass is 79.9. The van der Waals surface area contributed by atoms with Gasteiger partial charge < -0.3 is 9.72 Å². The van der Waals surface area contributed by atoms with Gasteiger partial charge in [-0.05, 0) is 34.1 Å². The first-order valence-electron chi connectivity index (χ1n) is 6.73. The van der Waals surface area contributed by atoms with Crippen molar-refractivity contribution in [3.8, 4) is 5.75 Å². The minimum atomic E-state index is -0.308. The van der Waals surface area contributed by atoms with Crippen LogP contribution in [-0.4, -0.2) is 11.0 Å². The van der Waals surface area contributed by atoms with Crippen molar-refractivity contribution in [2.75, 3.05) is 0 Å². The Bertz CT molecular complexity index is 959. The molecule has 0 spiro atoms. The van der Waals surface area contributed by atoms with E-state index in [4.69, 9.17) is 4.74 Å². The molecule has 2 aromatic heterocycles. The van der Waals surface area contributed by atoms with E-state index >= 15 is 0 Å². The van der Waals surface area contributed by atoms with E-state index in [2.05, 4.69) is 20.9 Å². The monoisotopic (exact) mass is 375 g/mol. The number of esters is 1. The number of rotatable bonds is 1. The van der Waals surface area contributed by atoms with Crippen LogP contribution >= 0.6 is 27.3 Å². The van der Waals surface area contributed by atoms with Crippen LogP contribution in [0.15, 0.2) is 45.0 Å². The lowest BCUT2D eigenvalue weighted by Gasteiger charge is -2.23. The zero-order valence-corrected chi connectivity index (χ0v) is 13.7. The number of nitrogens with one attached hydrogen (secondary N) is 1. The normalized spacial score (nSPS) is 17.3. The van der Waals surface area contributed by atoms with Crippen molar-refractivity contribution in [1.29, 1.82) is 0 Å². The van der Waals surface area contributed by atoms with Crippen LogP contribution in [0, 0.1) is 0 Å². The molecule has 22 heavy (non-hydrogen) atoms. The maximum absolute atomic E-state index is 12.5. The summed E-state index contributed by atoms with van der Waals surface area (Å²) in [6.45, 7) is 0. The van der Waals surface area contributed by atoms with E-state index in [0.29, 0.717) is 16.8 Å². The second kappa shape index (κ2) is 5.07. The van der Waals surface area contributed by atoms with Crippen LogP contribution in [0.2, 0.25) is 0 Å². The molecule has 0 radical (unpaired) electrons. The Morgan fingerprint density at radius 2 is 2.09 bits per heavy atom. The summed E-state index contributed by atoms with van der Waals surface area (Å²) in [5.41, 5.74) is 1.01. The summed E-state index contributed by atoms with van der Waals surface area (Å²) >= 11 is 4.95. The number of benzene rings is 1. The van der Waals surface area contributed by atoms with E-state index < -0.39 is 0 Å². The molecule has 1 aliphatic heterocycles. The van der Waals surface area contributed by atoms with Crippen LogP contribution in [0.4, 0.5) is 0 Å². The molecule has 0 bridgehead atoms. The minimum absolute atomic E-state index is 0.182. The smallest absolute Gasteiger partial charge is 0.312 e. The van der Waals surface area contributed by atoms with E-state index in [-0.39, 0.29) is 23.9 Å². The van der Waals surface area contributed by atoms with Crippen molar-refractivity contribution < 1.29 is 9.53 Å². The zero-order valence-electron chi connectivity index (χ0n) is 11.3. The number of H-pyrrole nitrogens is 1. The number of pyridine rings is 1. The van der Waals surface area contributed by atoms with Crippen LogP contribution in [0.1, 0.15) is 22.8 Å². The number of aromatic nitrogens is 1. The van der Waals surface area contributed by atoms with Gasteiger partial charge in [-0.2, -0.15) is 0 Å². The highest BCUT2D eigenvalue weighted by molar-refractivity contribution is 9.10. The molecule has 1 atom stereocenters. The molecule has 0 amide bonds. The highest BCUT2D eigenvalue weighted by Gasteiger charge is 2.33. The lowest BCUT2D eigenvalue weighted by Crippen LogP contribution is -2.27. The molecule has 0 fully saturated rings. The largest absolute Gasteiger partial charge is 0.425 e. The molecule has 6 heteroatoms. The lowest BCUT2D eigenvalue weighted by molar-refractivity contribution is -0.135. The number of fused-ring (bicyclic) bond motifs is 3. The van der Waals surface area contributed by atoms with E-state index in [1.54, 1.807) is 6.07 Å². The van der Waals surface area contributed by atoms with E-state index in [9.17, 15) is 9.59 Å². The summed E-state index contributed by atoms with van der Waals surface area (Å²) in [6.07, 6.45) is 0.182. The molecule has 1 unspecified atom stereocenters. The van der Waals surface area contributed by atoms with Gasteiger partial charge in [0.1, 0.15) is 5.75 Å². The van der Waals surface area contributed by atoms with E-state index in [1.807, 2.05) is 29.6 Å². The molecule has 4 rings (SSSR count). The molecule has 1 aromatic carbocycles. The fourth-order valence-corrected chi connectivity index (χ4v) is 4.39. The van der Waals surface area contributed by atoms with Gasteiger partial charge in [0, 0.05) is 26.0 Å². The van der Waals surface area contributed by atoms with Gasteiger partial charge in [0.25, 0.3) is 5.56 Å². The molecule has 0 aliphatic carbocycles. The molecule has 3 heterocycles. The third-order valence-electron chi connectivity index (χ3n) is 3.78. The lowest BCUT2D eigenvalue weighted by atomic mass is 9.91. The molecule has 3 aromatic rings. The summed E-state index contributed by atoms with van der Waals surface area (Å²) in [5, 5.41) is 2.70. The highest BCUT2D eigenvalue weighted by Crippen LogP contribution is 2.42. The van der Waals surface area contributed by atoms with Gasteiger partial charge in [-0.1, -0.05) is 12.1 Å². The molecule has 4 nitrogen and oxygen atoms in total. The van der Waals surface area contributed by atoms with Crippen LogP contribution in [-0.2, 0) is 4.79 Å². The second-order valence-corrected chi connectivity index (χ2v) is 7.00. The van der Waals surface area contributed by atoms with Crippen LogP contribution in [0.5, 0.6) is 5.75 Å². The topological polar surface area (TPSA) is 59.2 Å². The molecule has 0 saturated heterocycles. The summed E-state index contributed by atoms with van der Waals surface area (Å²) in [7, 11) is 0. The predicted molar refractivity (Wildman–Crippen MR) is 88.7 cm³/mol. The van der Waals surface area contributed by atoms with E-state index in [1.165, 1.54) is 11.3 Å². The Kier molecular flexibility index (Phi) is 3.16. The fraction of sp³-hybridized carbons (Fsp3) is 0.125. The molecule has 1 aliphatic rings. The standard InChI is InChI=1S/C16H10BrNO3S/c17-8-5-12(22-7-8)10-6-13(19)21-15-9-3-1-2-4-11(9)18-16(20)14(10)15/h1-5,7,10H,6H2,(H,18,20). The van der Waals surface area contributed by atoms with Crippen molar-refractivity contribution in [1.82, 2.24) is 4.98 Å². The number of thiophene rings is 1. The van der Waals surface area contributed by atoms with Gasteiger partial charge in [-0.3, -0.25) is 9.59 Å². The average molecular weight is 376 g/mol. The van der Waals surface area contributed by atoms with Gasteiger partial charge >= 0.3 is 5.97 Å². The zero-order chi connectivity index (χ0) is 15.3. The van der Waals surface area contributed by atoms with E-state index in [0.717, 1.165) is 14.7 Å². The van der Waals surface area contributed by atoms with Crippen molar-refractivity contribution in [3.05, 3.63) is 61.0 Å². The van der Waals surface area contributed by atoms with Crippen molar-refractivity contribution in [2.24, 2.45) is 0 Å². The summed E-state index contributed by atoms with van der Waals surface area (Å²) < 4.78 is 6.37. The molecular formula is C16H10BrNO3S. The molecular weight excluding hydrogens is 366 g/mol. The number of aromatic amines is 1. The van der Waals surface area contributed by atoms with Gasteiger partial charge in [-0.25, -0.2) is 0 Å². The van der Waals surface area contributed by atoms with Crippen LogP contribution < -0.4 is 10.3 Å². The SMILES string of the molecule is O=C1CC(c2cc(Br)cs2)c2c(c3ccccc3[nH]c2=O)O1. The first-order chi connectivity index (χ1) is 10.6. The van der Waals surface area contributed by atoms with Crippen molar-refractivity contribution in [3.63, 3.8) is 0 Å². The Morgan fingerprint density at radius 3 is 2.86 bits per heavy atom. The average Bonchev–Trinajstić information content (AvgIpc) is 2.93. The minimum Gasteiger partial charge on any atom is -0.425 e. The number of carbonyl (C=O) groups excluding carboxylic acids is 1. The molecule has 110 valence electrons. The number of halogens is 1. The maximum atomic E-state index is 12.5. The van der Waals surface area contributed by atoms with Crippen molar-refractivity contribution in [2.45, 2.75) is 12.3 Å². The third-order valence-corrected chi connectivity index (χ3v) is 5.58. The second-order valence-electron chi connectivity index (χ2n) is 5.14. The number of carbonyl (C=O) groups is 1. The summed E-state index contributed by atoms with van der Waals surface area (Å²) in [6, 6.07) is 9.30. The number of hydrogen-bond donors (Lipinski definition) is 1. The molecule has 1 N–H and O–H groups in total. The Balaban J connectivity index is 2.03. The van der Waals surface area contributed by atoms with Gasteiger partial charge in [0.05, 0.1) is 17.5 Å². The van der Waals surface area contributed by atoms with Crippen LogP contribution in [0.25, 0.3) is 10.9 Å². The first-order valence-corrected chi connectivity index (χ1v) is 8.40. The maximum Gasteiger partial charge on any atom is 0.312 e. The number of ether oxygens (including phenoxy) is 1. The summed E-state index contributed by atoms with van der Waals surface area (Å²) in [4.78, 5) is 28.4. The third kappa shape index (κ3) is 2.10. The van der Waals surface area contributed by atoms with Crippen molar-refractivity contribution >= 4 is 44.1 Å². The molecule has 0 saturated carbocycles. The quantitative estimate of drug-likeness (QED) is 0.658. The Labute approximate surface area is 137 Å². The van der Waals surface area contributed by atoms with Crippen LogP contribution in [0.3, 0.4) is 0 Å². The number of hydrogen-bond acceptors (Lipinski definition) is 4.